The number of carbonyl (C=O) groups is 1. The van der Waals surface area contributed by atoms with Crippen LogP contribution in [-0.4, -0.2) is 72.4 Å². The van der Waals surface area contributed by atoms with Gasteiger partial charge in [0.2, 0.25) is 0 Å². The van der Waals surface area contributed by atoms with E-state index in [4.69, 9.17) is 9.47 Å². The van der Waals surface area contributed by atoms with Crippen molar-refractivity contribution >= 4 is 16.7 Å². The number of aliphatic hydroxyl groups is 1. The first kappa shape index (κ1) is 19.7. The second-order valence-electron chi connectivity index (χ2n) is 9.66. The van der Waals surface area contributed by atoms with E-state index in [1.807, 2.05) is 12.1 Å². The maximum atomic E-state index is 12.2. The molecule has 164 valence electrons. The molecule has 1 aliphatic carbocycles. The van der Waals surface area contributed by atoms with Gasteiger partial charge in [-0.1, -0.05) is 24.3 Å². The average molecular weight is 423 g/mol. The highest BCUT2D eigenvalue weighted by Crippen LogP contribution is 2.40. The first-order chi connectivity index (χ1) is 15.2. The summed E-state index contributed by atoms with van der Waals surface area (Å²) in [6.07, 6.45) is 1.75. The number of benzene rings is 2. The Kier molecular flexibility index (Phi) is 4.98. The molecule has 6 heteroatoms. The molecule has 1 saturated carbocycles. The average Bonchev–Trinajstić information content (AvgIpc) is 3.18. The number of morpholine rings is 1. The lowest BCUT2D eigenvalue weighted by Gasteiger charge is -2.43. The lowest BCUT2D eigenvalue weighted by molar-refractivity contribution is -0.0520. The SMILES string of the molecule is O=C1OCc2ccc(CN3C[C@H]4C[C@@H](N5CCOCC5)[C@H](O)C[C@H]4C3)c3cccc1c23. The lowest BCUT2D eigenvalue weighted by Crippen LogP contribution is -2.53. The maximum absolute atomic E-state index is 12.2. The monoisotopic (exact) mass is 422 g/mol. The van der Waals surface area contributed by atoms with Crippen LogP contribution in [-0.2, 0) is 22.6 Å². The van der Waals surface area contributed by atoms with Gasteiger partial charge in [-0.2, -0.15) is 0 Å². The number of fused-ring (bicyclic) bond motifs is 1. The summed E-state index contributed by atoms with van der Waals surface area (Å²) in [5.41, 5.74) is 3.06. The molecular formula is C25H30N2O4. The molecule has 6 rings (SSSR count). The van der Waals surface area contributed by atoms with Crippen LogP contribution in [0.25, 0.3) is 10.8 Å². The molecule has 4 aliphatic rings. The zero-order valence-electron chi connectivity index (χ0n) is 17.8. The number of hydrogen-bond donors (Lipinski definition) is 1. The van der Waals surface area contributed by atoms with E-state index in [1.54, 1.807) is 0 Å². The van der Waals surface area contributed by atoms with Crippen molar-refractivity contribution in [3.05, 3.63) is 47.0 Å². The number of likely N-dealkylation sites (tertiary alicyclic amines) is 1. The quantitative estimate of drug-likeness (QED) is 0.767. The van der Waals surface area contributed by atoms with Crippen LogP contribution >= 0.6 is 0 Å². The van der Waals surface area contributed by atoms with Gasteiger partial charge in [-0.05, 0) is 47.3 Å². The molecule has 0 spiro atoms. The van der Waals surface area contributed by atoms with Crippen LogP contribution in [0.4, 0.5) is 0 Å². The Hall–Kier alpha value is -1.99. The molecule has 0 bridgehead atoms. The molecule has 31 heavy (non-hydrogen) atoms. The molecule has 2 aromatic carbocycles. The van der Waals surface area contributed by atoms with Gasteiger partial charge in [0.15, 0.2) is 0 Å². The van der Waals surface area contributed by atoms with Crippen molar-refractivity contribution in [2.75, 3.05) is 39.4 Å². The molecule has 3 heterocycles. The Bertz CT molecular complexity index is 1000. The molecule has 3 aliphatic heterocycles. The molecule has 2 saturated heterocycles. The molecule has 0 amide bonds. The van der Waals surface area contributed by atoms with Gasteiger partial charge in [-0.3, -0.25) is 9.80 Å². The fraction of sp³-hybridized carbons (Fsp3) is 0.560. The first-order valence-electron chi connectivity index (χ1n) is 11.6. The largest absolute Gasteiger partial charge is 0.457 e. The summed E-state index contributed by atoms with van der Waals surface area (Å²) in [5, 5.41) is 13.1. The molecule has 6 nitrogen and oxygen atoms in total. The Morgan fingerprint density at radius 1 is 1.03 bits per heavy atom. The lowest BCUT2D eigenvalue weighted by atomic mass is 9.77. The molecule has 4 atom stereocenters. The van der Waals surface area contributed by atoms with Crippen molar-refractivity contribution in [1.29, 1.82) is 0 Å². The molecule has 3 fully saturated rings. The van der Waals surface area contributed by atoms with E-state index in [0.717, 1.165) is 69.7 Å². The van der Waals surface area contributed by atoms with Gasteiger partial charge in [0.05, 0.1) is 24.9 Å². The van der Waals surface area contributed by atoms with Crippen LogP contribution in [0.2, 0.25) is 0 Å². The molecule has 1 N–H and O–H groups in total. The predicted octanol–water partition coefficient (Wildman–Crippen LogP) is 2.41. The van der Waals surface area contributed by atoms with Crippen molar-refractivity contribution in [2.24, 2.45) is 11.8 Å². The van der Waals surface area contributed by atoms with Crippen molar-refractivity contribution in [3.63, 3.8) is 0 Å². The minimum atomic E-state index is -0.231. The Morgan fingerprint density at radius 2 is 1.84 bits per heavy atom. The zero-order chi connectivity index (χ0) is 20.9. The summed E-state index contributed by atoms with van der Waals surface area (Å²) in [6.45, 7) is 6.82. The third kappa shape index (κ3) is 3.46. The van der Waals surface area contributed by atoms with E-state index in [2.05, 4.69) is 28.0 Å². The Labute approximate surface area is 182 Å². The molecule has 0 unspecified atom stereocenters. The molecule has 0 radical (unpaired) electrons. The van der Waals surface area contributed by atoms with Gasteiger partial charge in [-0.25, -0.2) is 4.79 Å². The van der Waals surface area contributed by atoms with Gasteiger partial charge in [0, 0.05) is 44.2 Å². The topological polar surface area (TPSA) is 62.2 Å². The van der Waals surface area contributed by atoms with Gasteiger partial charge < -0.3 is 14.6 Å². The van der Waals surface area contributed by atoms with Crippen molar-refractivity contribution in [1.82, 2.24) is 9.80 Å². The number of ether oxygens (including phenoxy) is 2. The Balaban J connectivity index is 1.21. The molecule has 2 aromatic rings. The zero-order valence-corrected chi connectivity index (χ0v) is 17.8. The number of aliphatic hydroxyl groups excluding tert-OH is 1. The first-order valence-corrected chi connectivity index (χ1v) is 11.6. The van der Waals surface area contributed by atoms with E-state index >= 15 is 0 Å². The van der Waals surface area contributed by atoms with Gasteiger partial charge in [0.1, 0.15) is 6.61 Å². The fourth-order valence-corrected chi connectivity index (χ4v) is 6.37. The number of cyclic esters (lactones) is 1. The number of carbonyl (C=O) groups excluding carboxylic acids is 1. The minimum Gasteiger partial charge on any atom is -0.457 e. The second-order valence-corrected chi connectivity index (χ2v) is 9.66. The number of nitrogens with zero attached hydrogens (tertiary/aromatic N) is 2. The van der Waals surface area contributed by atoms with Crippen LogP contribution in [0.15, 0.2) is 30.3 Å². The number of esters is 1. The van der Waals surface area contributed by atoms with Gasteiger partial charge in [0.25, 0.3) is 0 Å². The summed E-state index contributed by atoms with van der Waals surface area (Å²) in [7, 11) is 0. The maximum Gasteiger partial charge on any atom is 0.339 e. The minimum absolute atomic E-state index is 0.217. The summed E-state index contributed by atoms with van der Waals surface area (Å²) in [5.74, 6) is 0.999. The highest BCUT2D eigenvalue weighted by atomic mass is 16.5. The van der Waals surface area contributed by atoms with Crippen LogP contribution in [0.5, 0.6) is 0 Å². The van der Waals surface area contributed by atoms with Crippen molar-refractivity contribution in [2.45, 2.75) is 38.1 Å². The number of hydrogen-bond acceptors (Lipinski definition) is 6. The highest BCUT2D eigenvalue weighted by Gasteiger charge is 2.43. The van der Waals surface area contributed by atoms with Crippen LogP contribution in [0, 0.1) is 11.8 Å². The predicted molar refractivity (Wildman–Crippen MR) is 117 cm³/mol. The number of rotatable bonds is 3. The summed E-state index contributed by atoms with van der Waals surface area (Å²) >= 11 is 0. The molecular weight excluding hydrogens is 392 g/mol. The van der Waals surface area contributed by atoms with Crippen molar-refractivity contribution in [3.8, 4) is 0 Å². The van der Waals surface area contributed by atoms with E-state index in [9.17, 15) is 9.90 Å². The Morgan fingerprint density at radius 3 is 2.68 bits per heavy atom. The van der Waals surface area contributed by atoms with Crippen LogP contribution < -0.4 is 0 Å². The van der Waals surface area contributed by atoms with Crippen LogP contribution in [0.3, 0.4) is 0 Å². The molecule has 0 aromatic heterocycles. The summed E-state index contributed by atoms with van der Waals surface area (Å²) in [4.78, 5) is 17.2. The van der Waals surface area contributed by atoms with Crippen molar-refractivity contribution < 1.29 is 19.4 Å². The summed E-state index contributed by atoms with van der Waals surface area (Å²) < 4.78 is 10.8. The normalized spacial score (nSPS) is 31.6. The third-order valence-electron chi connectivity index (χ3n) is 7.89. The van der Waals surface area contributed by atoms with E-state index in [1.165, 1.54) is 10.9 Å². The van der Waals surface area contributed by atoms with E-state index in [0.29, 0.717) is 24.0 Å². The smallest absolute Gasteiger partial charge is 0.339 e. The van der Waals surface area contributed by atoms with E-state index < -0.39 is 0 Å². The van der Waals surface area contributed by atoms with Gasteiger partial charge >= 0.3 is 5.97 Å². The van der Waals surface area contributed by atoms with E-state index in [-0.39, 0.29) is 18.1 Å². The second kappa shape index (κ2) is 7.85. The fourth-order valence-electron chi connectivity index (χ4n) is 6.37. The third-order valence-corrected chi connectivity index (χ3v) is 7.89. The highest BCUT2D eigenvalue weighted by molar-refractivity contribution is 6.08. The van der Waals surface area contributed by atoms with Gasteiger partial charge in [-0.15, -0.1) is 0 Å². The standard InChI is InChI=1S/C25H30N2O4/c28-23-11-19-14-26(13-18(19)10-22(23)27-6-8-30-9-7-27)12-16-4-5-17-15-31-25(29)21-3-1-2-20(16)24(17)21/h1-5,18-19,22-23,28H,6-15H2/t18-,19+,22-,23-/m1/s1. The summed E-state index contributed by atoms with van der Waals surface area (Å²) in [6, 6.07) is 10.6. The van der Waals surface area contributed by atoms with Crippen LogP contribution in [0.1, 0.15) is 34.3 Å².